The molecular formula is C20H21N3O5S. The van der Waals surface area contributed by atoms with Crippen molar-refractivity contribution in [3.05, 3.63) is 54.1 Å². The predicted octanol–water partition coefficient (Wildman–Crippen LogP) is 1.79. The van der Waals surface area contributed by atoms with Crippen molar-refractivity contribution < 1.29 is 22.7 Å². The first-order valence-corrected chi connectivity index (χ1v) is 10.5. The van der Waals surface area contributed by atoms with Gasteiger partial charge in [0, 0.05) is 18.8 Å². The van der Waals surface area contributed by atoms with Crippen LogP contribution in [-0.2, 0) is 26.0 Å². The highest BCUT2D eigenvalue weighted by Gasteiger charge is 2.26. The minimum atomic E-state index is -3.64. The lowest BCUT2D eigenvalue weighted by Crippen LogP contribution is -2.40. The lowest BCUT2D eigenvalue weighted by atomic mass is 10.2. The highest BCUT2D eigenvalue weighted by Crippen LogP contribution is 2.20. The molecule has 152 valence electrons. The van der Waals surface area contributed by atoms with Crippen molar-refractivity contribution in [1.29, 1.82) is 5.26 Å². The first-order chi connectivity index (χ1) is 14.0. The second kappa shape index (κ2) is 9.52. The molecule has 2 aromatic rings. The second-order valence-electron chi connectivity index (χ2n) is 6.36. The second-order valence-corrected chi connectivity index (χ2v) is 8.30. The Morgan fingerprint density at radius 3 is 2.59 bits per heavy atom. The van der Waals surface area contributed by atoms with Crippen molar-refractivity contribution in [2.45, 2.75) is 11.3 Å². The zero-order chi connectivity index (χ0) is 20.7. The molecule has 0 atom stereocenters. The Morgan fingerprint density at radius 1 is 1.17 bits per heavy atom. The maximum atomic E-state index is 12.7. The number of rotatable bonds is 7. The molecule has 9 heteroatoms. The molecule has 1 amide bonds. The zero-order valence-electron chi connectivity index (χ0n) is 15.7. The van der Waals surface area contributed by atoms with Crippen LogP contribution in [0.1, 0.15) is 5.56 Å². The topological polar surface area (TPSA) is 109 Å². The third-order valence-electron chi connectivity index (χ3n) is 4.30. The normalized spacial score (nSPS) is 14.7. The Balaban J connectivity index is 1.59. The highest BCUT2D eigenvalue weighted by molar-refractivity contribution is 7.89. The van der Waals surface area contributed by atoms with Crippen molar-refractivity contribution in [3.63, 3.8) is 0 Å². The number of nitrogens with one attached hydrogen (secondary N) is 1. The molecule has 1 aliphatic rings. The van der Waals surface area contributed by atoms with Gasteiger partial charge in [0.05, 0.1) is 30.6 Å². The van der Waals surface area contributed by atoms with E-state index in [0.29, 0.717) is 44.2 Å². The molecule has 1 N–H and O–H groups in total. The van der Waals surface area contributed by atoms with Crippen molar-refractivity contribution in [1.82, 2.24) is 4.31 Å². The molecule has 3 rings (SSSR count). The molecule has 0 unspecified atom stereocenters. The average Bonchev–Trinajstić information content (AvgIpc) is 2.74. The Bertz CT molecular complexity index is 994. The lowest BCUT2D eigenvalue weighted by molar-refractivity contribution is -0.118. The number of carbonyl (C=O) groups is 1. The average molecular weight is 415 g/mol. The van der Waals surface area contributed by atoms with Crippen LogP contribution in [-0.4, -0.2) is 51.5 Å². The summed E-state index contributed by atoms with van der Waals surface area (Å²) < 4.78 is 37.4. The molecule has 29 heavy (non-hydrogen) atoms. The fraction of sp³-hybridized carbons (Fsp3) is 0.300. The fourth-order valence-corrected chi connectivity index (χ4v) is 4.27. The first kappa shape index (κ1) is 20.8. The molecular weight excluding hydrogens is 394 g/mol. The molecule has 1 heterocycles. The summed E-state index contributed by atoms with van der Waals surface area (Å²) >= 11 is 0. The molecule has 1 saturated heterocycles. The Morgan fingerprint density at radius 2 is 1.90 bits per heavy atom. The number of hydrogen-bond donors (Lipinski definition) is 1. The summed E-state index contributed by atoms with van der Waals surface area (Å²) in [6, 6.07) is 15.1. The van der Waals surface area contributed by atoms with Crippen LogP contribution < -0.4 is 10.1 Å². The summed E-state index contributed by atoms with van der Waals surface area (Å²) in [5, 5.41) is 11.3. The quantitative estimate of drug-likeness (QED) is 0.739. The van der Waals surface area contributed by atoms with E-state index in [2.05, 4.69) is 11.4 Å². The number of benzene rings is 2. The number of nitrogens with zero attached hydrogens (tertiary/aromatic N) is 2. The van der Waals surface area contributed by atoms with Gasteiger partial charge in [-0.15, -0.1) is 0 Å². The van der Waals surface area contributed by atoms with Gasteiger partial charge in [-0.25, -0.2) is 8.42 Å². The van der Waals surface area contributed by atoms with Crippen LogP contribution in [0.4, 0.5) is 5.69 Å². The van der Waals surface area contributed by atoms with Gasteiger partial charge in [-0.1, -0.05) is 18.2 Å². The summed E-state index contributed by atoms with van der Waals surface area (Å²) in [6.07, 6.45) is 0.310. The van der Waals surface area contributed by atoms with Gasteiger partial charge < -0.3 is 14.8 Å². The number of amides is 1. The lowest BCUT2D eigenvalue weighted by Gasteiger charge is -2.26. The Labute approximate surface area is 169 Å². The smallest absolute Gasteiger partial charge is 0.262 e. The number of hydrogen-bond acceptors (Lipinski definition) is 6. The molecule has 1 fully saturated rings. The van der Waals surface area contributed by atoms with Crippen LogP contribution in [0.2, 0.25) is 0 Å². The molecule has 1 aliphatic heterocycles. The van der Waals surface area contributed by atoms with E-state index in [9.17, 15) is 13.2 Å². The van der Waals surface area contributed by atoms with E-state index >= 15 is 0 Å². The number of sulfonamides is 1. The highest BCUT2D eigenvalue weighted by atomic mass is 32.2. The van der Waals surface area contributed by atoms with Crippen LogP contribution in [0.25, 0.3) is 0 Å². The van der Waals surface area contributed by atoms with E-state index in [1.54, 1.807) is 36.4 Å². The minimum absolute atomic E-state index is 0.117. The van der Waals surface area contributed by atoms with Gasteiger partial charge in [-0.05, 0) is 35.9 Å². The minimum Gasteiger partial charge on any atom is -0.484 e. The Kier molecular flexibility index (Phi) is 6.82. The van der Waals surface area contributed by atoms with E-state index in [1.165, 1.54) is 16.4 Å². The van der Waals surface area contributed by atoms with Crippen LogP contribution >= 0.6 is 0 Å². The Hall–Kier alpha value is -2.93. The number of anilines is 1. The van der Waals surface area contributed by atoms with E-state index < -0.39 is 15.9 Å². The third kappa shape index (κ3) is 5.54. The first-order valence-electron chi connectivity index (χ1n) is 9.05. The SMILES string of the molecule is N#CCc1ccc(OCC(=O)Nc2cccc(S(=O)(=O)N3CCOCC3)c2)cc1. The van der Waals surface area contributed by atoms with Gasteiger partial charge in [-0.2, -0.15) is 9.57 Å². The molecule has 0 radical (unpaired) electrons. The van der Waals surface area contributed by atoms with Crippen molar-refractivity contribution in [3.8, 4) is 11.8 Å². The van der Waals surface area contributed by atoms with Crippen molar-refractivity contribution >= 4 is 21.6 Å². The number of morpholine rings is 1. The summed E-state index contributed by atoms with van der Waals surface area (Å²) in [5.74, 6) is 0.0949. The summed E-state index contributed by atoms with van der Waals surface area (Å²) in [7, 11) is -3.64. The van der Waals surface area contributed by atoms with Crippen LogP contribution in [0.3, 0.4) is 0 Å². The van der Waals surface area contributed by atoms with E-state index in [4.69, 9.17) is 14.7 Å². The van der Waals surface area contributed by atoms with Gasteiger partial charge in [0.2, 0.25) is 10.0 Å². The van der Waals surface area contributed by atoms with Gasteiger partial charge in [0.25, 0.3) is 5.91 Å². The van der Waals surface area contributed by atoms with Gasteiger partial charge in [0.15, 0.2) is 6.61 Å². The summed E-state index contributed by atoms with van der Waals surface area (Å²) in [4.78, 5) is 12.3. The molecule has 0 aromatic heterocycles. The van der Waals surface area contributed by atoms with Crippen LogP contribution in [0.15, 0.2) is 53.4 Å². The summed E-state index contributed by atoms with van der Waals surface area (Å²) in [5.41, 5.74) is 1.24. The standard InChI is InChI=1S/C20H21N3O5S/c21-9-8-16-4-6-18(7-5-16)28-15-20(24)22-17-2-1-3-19(14-17)29(25,26)23-10-12-27-13-11-23/h1-7,14H,8,10-13,15H2,(H,22,24). The van der Waals surface area contributed by atoms with E-state index in [1.807, 2.05) is 0 Å². The monoisotopic (exact) mass is 415 g/mol. The molecule has 2 aromatic carbocycles. The molecule has 0 saturated carbocycles. The van der Waals surface area contributed by atoms with E-state index in [0.717, 1.165) is 5.56 Å². The van der Waals surface area contributed by atoms with Gasteiger partial charge in [0.1, 0.15) is 5.75 Å². The number of carbonyl (C=O) groups excluding carboxylic acids is 1. The molecule has 8 nitrogen and oxygen atoms in total. The fourth-order valence-electron chi connectivity index (χ4n) is 2.81. The molecule has 0 spiro atoms. The predicted molar refractivity (Wildman–Crippen MR) is 106 cm³/mol. The molecule has 0 aliphatic carbocycles. The maximum Gasteiger partial charge on any atom is 0.262 e. The van der Waals surface area contributed by atoms with Crippen molar-refractivity contribution in [2.24, 2.45) is 0 Å². The summed E-state index contributed by atoms with van der Waals surface area (Å²) in [6.45, 7) is 1.12. The zero-order valence-corrected chi connectivity index (χ0v) is 16.5. The largest absolute Gasteiger partial charge is 0.484 e. The number of ether oxygens (including phenoxy) is 2. The van der Waals surface area contributed by atoms with E-state index in [-0.39, 0.29) is 11.5 Å². The van der Waals surface area contributed by atoms with Crippen LogP contribution in [0, 0.1) is 11.3 Å². The van der Waals surface area contributed by atoms with Gasteiger partial charge >= 0.3 is 0 Å². The van der Waals surface area contributed by atoms with Gasteiger partial charge in [-0.3, -0.25) is 4.79 Å². The number of nitriles is 1. The third-order valence-corrected chi connectivity index (χ3v) is 6.20. The molecule has 0 bridgehead atoms. The maximum absolute atomic E-state index is 12.7. The van der Waals surface area contributed by atoms with Crippen molar-refractivity contribution in [2.75, 3.05) is 38.2 Å². The van der Waals surface area contributed by atoms with Crippen LogP contribution in [0.5, 0.6) is 5.75 Å².